The molecule has 0 saturated carbocycles. The summed E-state index contributed by atoms with van der Waals surface area (Å²) >= 11 is 0. The van der Waals surface area contributed by atoms with Gasteiger partial charge in [-0.15, -0.1) is 5.10 Å². The van der Waals surface area contributed by atoms with Crippen LogP contribution in [-0.4, -0.2) is 15.8 Å². The van der Waals surface area contributed by atoms with Gasteiger partial charge < -0.3 is 11.6 Å². The topological polar surface area (TPSA) is 86.9 Å². The number of hydrogen-bond donors (Lipinski definition) is 2. The zero-order valence-corrected chi connectivity index (χ0v) is 4.61. The highest BCUT2D eigenvalue weighted by Crippen LogP contribution is 1.88. The van der Waals surface area contributed by atoms with Gasteiger partial charge >= 0.3 is 0 Å². The zero-order chi connectivity index (χ0) is 6.85. The van der Waals surface area contributed by atoms with Crippen molar-refractivity contribution in [2.24, 2.45) is 5.73 Å². The summed E-state index contributed by atoms with van der Waals surface area (Å²) < 4.78 is 0. The Bertz CT molecular complexity index is 228. The van der Waals surface area contributed by atoms with Gasteiger partial charge in [0.05, 0.1) is 0 Å². The van der Waals surface area contributed by atoms with Crippen molar-refractivity contribution in [1.82, 2.24) is 9.89 Å². The van der Waals surface area contributed by atoms with Crippen LogP contribution in [0.1, 0.15) is 10.5 Å². The second kappa shape index (κ2) is 1.77. The third kappa shape index (κ3) is 0.987. The number of carbonyl (C=O) groups is 1. The third-order valence-electron chi connectivity index (χ3n) is 0.861. The summed E-state index contributed by atoms with van der Waals surface area (Å²) in [6.45, 7) is 0. The van der Waals surface area contributed by atoms with E-state index in [4.69, 9.17) is 11.6 Å². The third-order valence-corrected chi connectivity index (χ3v) is 0.861. The molecule has 0 fully saturated rings. The second-order valence-electron chi connectivity index (χ2n) is 1.55. The summed E-state index contributed by atoms with van der Waals surface area (Å²) in [6, 6.07) is 1.45. The van der Waals surface area contributed by atoms with Crippen LogP contribution in [0.2, 0.25) is 0 Å². The molecule has 5 heteroatoms. The van der Waals surface area contributed by atoms with Crippen molar-refractivity contribution in [2.45, 2.75) is 0 Å². The van der Waals surface area contributed by atoms with Crippen LogP contribution in [0.25, 0.3) is 0 Å². The van der Waals surface area contributed by atoms with Crippen molar-refractivity contribution >= 4 is 5.91 Å². The molecule has 1 aromatic heterocycles. The van der Waals surface area contributed by atoms with Gasteiger partial charge in [-0.1, -0.05) is 0 Å². The Kier molecular flexibility index (Phi) is 1.11. The van der Waals surface area contributed by atoms with Crippen LogP contribution in [0.5, 0.6) is 0 Å². The average Bonchev–Trinajstić information content (AvgIpc) is 2.14. The number of amides is 1. The highest BCUT2D eigenvalue weighted by molar-refractivity contribution is 5.90. The zero-order valence-electron chi connectivity index (χ0n) is 4.61. The van der Waals surface area contributed by atoms with E-state index >= 15 is 0 Å². The number of nitrogens with zero attached hydrogens (tertiary/aromatic N) is 2. The molecular weight excluding hydrogens is 120 g/mol. The summed E-state index contributed by atoms with van der Waals surface area (Å²) in [5, 5.41) is 3.53. The van der Waals surface area contributed by atoms with E-state index in [9.17, 15) is 4.79 Å². The lowest BCUT2D eigenvalue weighted by atomic mass is 10.4. The van der Waals surface area contributed by atoms with Crippen molar-refractivity contribution in [3.05, 3.63) is 18.0 Å². The molecule has 48 valence electrons. The smallest absolute Gasteiger partial charge is 0.269 e. The first-order valence-electron chi connectivity index (χ1n) is 2.30. The van der Waals surface area contributed by atoms with Crippen molar-refractivity contribution in [3.63, 3.8) is 0 Å². The summed E-state index contributed by atoms with van der Waals surface area (Å²) in [4.78, 5) is 11.3. The Morgan fingerprint density at radius 3 is 2.67 bits per heavy atom. The van der Waals surface area contributed by atoms with Crippen LogP contribution in [0.4, 0.5) is 0 Å². The second-order valence-corrected chi connectivity index (χ2v) is 1.55. The number of primary amides is 1. The van der Waals surface area contributed by atoms with E-state index in [2.05, 4.69) is 5.10 Å². The average molecular weight is 126 g/mol. The van der Waals surface area contributed by atoms with Gasteiger partial charge in [-0.3, -0.25) is 4.79 Å². The quantitative estimate of drug-likeness (QED) is 0.458. The maximum atomic E-state index is 10.3. The normalized spacial score (nSPS) is 9.33. The van der Waals surface area contributed by atoms with Crippen molar-refractivity contribution in [2.75, 3.05) is 5.84 Å². The fraction of sp³-hybridized carbons (Fsp3) is 0. The van der Waals surface area contributed by atoms with Crippen LogP contribution < -0.4 is 11.6 Å². The first-order chi connectivity index (χ1) is 4.20. The Labute approximate surface area is 51.2 Å². The molecule has 0 bridgehead atoms. The van der Waals surface area contributed by atoms with Gasteiger partial charge in [0, 0.05) is 6.20 Å². The summed E-state index contributed by atoms with van der Waals surface area (Å²) in [7, 11) is 0. The van der Waals surface area contributed by atoms with E-state index < -0.39 is 5.91 Å². The van der Waals surface area contributed by atoms with E-state index in [1.54, 1.807) is 0 Å². The molecule has 1 aromatic rings. The summed E-state index contributed by atoms with van der Waals surface area (Å²) in [5.41, 5.74) is 5.04. The maximum absolute atomic E-state index is 10.3. The van der Waals surface area contributed by atoms with Crippen molar-refractivity contribution in [3.8, 4) is 0 Å². The van der Waals surface area contributed by atoms with E-state index in [0.29, 0.717) is 0 Å². The number of aromatic nitrogens is 2. The van der Waals surface area contributed by atoms with Crippen LogP contribution >= 0.6 is 0 Å². The molecule has 1 heterocycles. The van der Waals surface area contributed by atoms with E-state index in [1.807, 2.05) is 0 Å². The largest absolute Gasteiger partial charge is 0.364 e. The Balaban J connectivity index is 2.98. The van der Waals surface area contributed by atoms with Gasteiger partial charge in [0.2, 0.25) is 0 Å². The highest BCUT2D eigenvalue weighted by atomic mass is 16.1. The molecule has 1 amide bonds. The number of carbonyl (C=O) groups excluding carboxylic acids is 1. The molecule has 0 atom stereocenters. The van der Waals surface area contributed by atoms with E-state index in [0.717, 1.165) is 4.79 Å². The molecule has 0 unspecified atom stereocenters. The molecule has 0 radical (unpaired) electrons. The minimum atomic E-state index is -0.570. The predicted octanol–water partition coefficient (Wildman–Crippen LogP) is -1.30. The van der Waals surface area contributed by atoms with Gasteiger partial charge in [0.25, 0.3) is 5.91 Å². The van der Waals surface area contributed by atoms with Crippen LogP contribution in [0.15, 0.2) is 12.3 Å². The minimum absolute atomic E-state index is 0.178. The number of nitrogen functional groups attached to an aromatic ring is 1. The highest BCUT2D eigenvalue weighted by Gasteiger charge is 2.00. The van der Waals surface area contributed by atoms with Crippen molar-refractivity contribution < 1.29 is 4.79 Å². The fourth-order valence-electron chi connectivity index (χ4n) is 0.469. The molecule has 1 rings (SSSR count). The lowest BCUT2D eigenvalue weighted by Crippen LogP contribution is -2.15. The van der Waals surface area contributed by atoms with Gasteiger partial charge in [0.15, 0.2) is 5.69 Å². The number of nitrogens with two attached hydrogens (primary N) is 2. The molecule has 4 N–H and O–H groups in total. The minimum Gasteiger partial charge on any atom is -0.364 e. The Morgan fingerprint density at radius 2 is 2.44 bits per heavy atom. The van der Waals surface area contributed by atoms with E-state index in [1.165, 1.54) is 12.3 Å². The molecule has 0 aliphatic carbocycles. The fourth-order valence-corrected chi connectivity index (χ4v) is 0.469. The van der Waals surface area contributed by atoms with Crippen LogP contribution in [0.3, 0.4) is 0 Å². The molecule has 0 aliphatic rings. The first kappa shape index (κ1) is 5.61. The first-order valence-corrected chi connectivity index (χ1v) is 2.30. The monoisotopic (exact) mass is 126 g/mol. The number of rotatable bonds is 1. The number of hydrogen-bond acceptors (Lipinski definition) is 3. The summed E-state index contributed by atoms with van der Waals surface area (Å²) in [5.74, 6) is 4.54. The van der Waals surface area contributed by atoms with Gasteiger partial charge in [0.1, 0.15) is 0 Å². The Morgan fingerprint density at radius 1 is 1.78 bits per heavy atom. The van der Waals surface area contributed by atoms with Crippen LogP contribution in [0, 0.1) is 0 Å². The van der Waals surface area contributed by atoms with Crippen LogP contribution in [-0.2, 0) is 0 Å². The van der Waals surface area contributed by atoms with Gasteiger partial charge in [-0.2, -0.15) is 4.79 Å². The molecule has 5 nitrogen and oxygen atoms in total. The lowest BCUT2D eigenvalue weighted by Gasteiger charge is -1.84. The summed E-state index contributed by atoms with van der Waals surface area (Å²) in [6.07, 6.45) is 1.44. The molecule has 0 aromatic carbocycles. The predicted molar refractivity (Wildman–Crippen MR) is 30.9 cm³/mol. The van der Waals surface area contributed by atoms with Crippen molar-refractivity contribution in [1.29, 1.82) is 0 Å². The Hall–Kier alpha value is -1.52. The van der Waals surface area contributed by atoms with E-state index in [-0.39, 0.29) is 5.69 Å². The van der Waals surface area contributed by atoms with Gasteiger partial charge in [-0.25, -0.2) is 0 Å². The molecule has 0 spiro atoms. The molecule has 0 aliphatic heterocycles. The van der Waals surface area contributed by atoms with Gasteiger partial charge in [-0.05, 0) is 6.07 Å². The maximum Gasteiger partial charge on any atom is 0.269 e. The standard InChI is InChI=1S/C4H6N4O/c5-4(9)3-1-2-8(6)7-3/h1-2H,6H2,(H2,5,9). The lowest BCUT2D eigenvalue weighted by molar-refractivity contribution is 0.0995. The molecule has 0 saturated heterocycles. The molecular formula is C4H6N4O. The molecule has 9 heavy (non-hydrogen) atoms. The SMILES string of the molecule is NC(=O)c1ccn(N)n1.